The second kappa shape index (κ2) is 64.7. The Labute approximate surface area is 739 Å². The molecule has 0 bridgehead atoms. The minimum Gasteiger partial charge on any atom is -0.507 e. The molecule has 3 rings (SSSR count). The van der Waals surface area contributed by atoms with Crippen LogP contribution in [-0.2, 0) is 27.1 Å². The lowest BCUT2D eigenvalue weighted by molar-refractivity contribution is -0.0501. The minimum absolute atomic E-state index is 0.304. The van der Waals surface area contributed by atoms with Crippen LogP contribution in [0.5, 0.6) is 17.2 Å². The maximum absolute atomic E-state index is 13.2. The first-order valence-electron chi connectivity index (χ1n) is 53.4. The molecule has 0 fully saturated rings. The van der Waals surface area contributed by atoms with Crippen molar-refractivity contribution < 1.29 is 15.3 Å². The van der Waals surface area contributed by atoms with Gasteiger partial charge in [0.15, 0.2) is 0 Å². The van der Waals surface area contributed by atoms with Gasteiger partial charge in [-0.2, -0.15) is 0 Å². The maximum Gasteiger partial charge on any atom is 0.122 e. The van der Waals surface area contributed by atoms with Gasteiger partial charge < -0.3 is 15.3 Å². The van der Waals surface area contributed by atoms with Crippen molar-refractivity contribution >= 4 is 0 Å². The summed E-state index contributed by atoms with van der Waals surface area (Å²) in [7, 11) is 0. The van der Waals surface area contributed by atoms with Crippen molar-refractivity contribution in [3.63, 3.8) is 0 Å². The average Bonchev–Trinajstić information content (AvgIpc) is 0.678. The molecule has 0 spiro atoms. The van der Waals surface area contributed by atoms with Crippen LogP contribution >= 0.6 is 0 Å². The monoisotopic (exact) mass is 1640 g/mol. The van der Waals surface area contributed by atoms with Crippen LogP contribution in [0.2, 0.25) is 0 Å². The van der Waals surface area contributed by atoms with E-state index in [-0.39, 0.29) is 27.1 Å². The van der Waals surface area contributed by atoms with Gasteiger partial charge in [-0.3, -0.25) is 0 Å². The van der Waals surface area contributed by atoms with E-state index in [4.69, 9.17) is 0 Å². The van der Waals surface area contributed by atoms with E-state index in [1.807, 2.05) is 0 Å². The lowest BCUT2D eigenvalue weighted by atomic mass is 9.37. The van der Waals surface area contributed by atoms with E-state index in [9.17, 15) is 15.3 Å². The van der Waals surface area contributed by atoms with Gasteiger partial charge in [0.1, 0.15) is 17.2 Å². The highest BCUT2D eigenvalue weighted by molar-refractivity contribution is 5.59. The van der Waals surface area contributed by atoms with Crippen LogP contribution < -0.4 is 0 Å². The van der Waals surface area contributed by atoms with E-state index in [1.54, 1.807) is 5.56 Å². The van der Waals surface area contributed by atoms with E-state index in [1.165, 1.54) is 441 Å². The third-order valence-electron chi connectivity index (χ3n) is 29.3. The van der Waals surface area contributed by atoms with Crippen molar-refractivity contribution in [2.75, 3.05) is 0 Å². The minimum atomic E-state index is -0.585. The van der Waals surface area contributed by atoms with Crippen LogP contribution in [0.15, 0.2) is 36.4 Å². The average molecular weight is 1640 g/mol. The molecular weight excluding hydrogens is 1430 g/mol. The van der Waals surface area contributed by atoms with Gasteiger partial charge in [-0.15, -0.1) is 0 Å². The molecule has 0 heterocycles. The topological polar surface area (TPSA) is 60.7 Å². The Morgan fingerprint density at radius 3 is 0.610 bits per heavy atom. The summed E-state index contributed by atoms with van der Waals surface area (Å²) in [6.07, 6.45) is 94.6. The molecule has 3 nitrogen and oxygen atoms in total. The third kappa shape index (κ3) is 40.6. The fraction of sp³-hybridized carbons (Fsp3) is 0.843. The Morgan fingerprint density at radius 2 is 0.390 bits per heavy atom. The molecule has 686 valence electrons. The summed E-state index contributed by atoms with van der Waals surface area (Å²) in [5.41, 5.74) is 8.52. The molecule has 3 N–H and O–H groups in total. The summed E-state index contributed by atoms with van der Waals surface area (Å²) >= 11 is 0. The van der Waals surface area contributed by atoms with Gasteiger partial charge in [0.25, 0.3) is 0 Å². The number of aromatic hydroxyl groups is 3. The normalized spacial score (nSPS) is 13.1. The number of hydrogen-bond donors (Lipinski definition) is 3. The smallest absolute Gasteiger partial charge is 0.122 e. The first-order valence-corrected chi connectivity index (χ1v) is 53.4. The zero-order valence-corrected chi connectivity index (χ0v) is 83.3. The Morgan fingerprint density at radius 1 is 0.212 bits per heavy atom. The third-order valence-corrected chi connectivity index (χ3v) is 29.3. The highest BCUT2D eigenvalue weighted by atomic mass is 16.3. The quantitative estimate of drug-likeness (QED) is 0.0494. The van der Waals surface area contributed by atoms with Gasteiger partial charge in [0, 0.05) is 10.8 Å². The molecule has 0 aliphatic rings. The Bertz CT molecular complexity index is 2760. The molecule has 3 aromatic rings. The van der Waals surface area contributed by atoms with Crippen molar-refractivity contribution in [3.8, 4) is 17.2 Å². The molecule has 0 radical (unpaired) electrons. The predicted octanol–water partition coefficient (Wildman–Crippen LogP) is 39.7. The standard InChI is InChI=1S/C115H208O3/c1-19-25-31-37-43-49-55-61-67-73-79-85-100(86-80-74-68-62-56-50-44-38-32-26-20-2)114(89-83-77-71-65-59-53-47-41-35-29-23-5,101-91-97(7)107(116)104(94-101)110(10,11)12)113(87-81-75-69-63-57-51-45-39-33-27-21-3,88-82-76-70-64-58-52-46-40-34-28-22-4)115(90-84-78-72-66-60-54-48-42-36-30-24-6,102-92-98(8)108(117)105(95-102)111(13,14)15)103-93-99(9)109(118)106(96-103)112(16,17)18/h91-96,100,116-118H,19-90H2,1-18H3. The van der Waals surface area contributed by atoms with Crippen molar-refractivity contribution in [2.24, 2.45) is 11.3 Å². The number of rotatable bonds is 78. The van der Waals surface area contributed by atoms with Crippen molar-refractivity contribution in [1.29, 1.82) is 0 Å². The summed E-state index contributed by atoms with van der Waals surface area (Å²) < 4.78 is 0. The summed E-state index contributed by atoms with van der Waals surface area (Å²) in [5, 5.41) is 39.4. The first-order chi connectivity index (χ1) is 56.9. The van der Waals surface area contributed by atoms with E-state index < -0.39 is 5.41 Å². The summed E-state index contributed by atoms with van der Waals surface area (Å²) in [6, 6.07) is 16.0. The molecule has 1 atom stereocenters. The van der Waals surface area contributed by atoms with E-state index in [0.717, 1.165) is 65.5 Å². The van der Waals surface area contributed by atoms with Crippen molar-refractivity contribution in [3.05, 3.63) is 86.5 Å². The highest BCUT2D eigenvalue weighted by Crippen LogP contribution is 2.70. The molecule has 0 aliphatic carbocycles. The Hall–Kier alpha value is -2.94. The molecule has 0 aromatic heterocycles. The van der Waals surface area contributed by atoms with E-state index >= 15 is 0 Å². The number of phenols is 3. The largest absolute Gasteiger partial charge is 0.507 e. The second-order valence-electron chi connectivity index (χ2n) is 42.8. The van der Waals surface area contributed by atoms with Gasteiger partial charge in [-0.25, -0.2) is 0 Å². The van der Waals surface area contributed by atoms with Gasteiger partial charge in [-0.1, -0.05) is 564 Å². The molecule has 0 amide bonds. The maximum atomic E-state index is 13.2. The van der Waals surface area contributed by atoms with Crippen molar-refractivity contribution in [2.45, 2.75) is 614 Å². The van der Waals surface area contributed by atoms with Crippen LogP contribution in [0.3, 0.4) is 0 Å². The SMILES string of the molecule is CCCCCCCCCCCCCC(CCCCCCCCCCCCC)C(CCCCCCCCCCCCC)(c1cc(C)c(O)c(C(C)(C)C)c1)C(CCCCCCCCCCCCC)(CCCCCCCCCCCCC)C(CCCCCCCCCCCCC)(c1cc(C)c(O)c(C(C)(C)C)c1)c1cc(C)c(O)c(C(C)(C)C)c1. The number of unbranched alkanes of at least 4 members (excludes halogenated alkanes) is 60. The summed E-state index contributed by atoms with van der Waals surface area (Å²) in [4.78, 5) is 0. The molecule has 3 aromatic carbocycles. The summed E-state index contributed by atoms with van der Waals surface area (Å²) in [5.74, 6) is 1.83. The lowest BCUT2D eigenvalue weighted by Crippen LogP contribution is -2.62. The molecule has 118 heavy (non-hydrogen) atoms. The van der Waals surface area contributed by atoms with Crippen LogP contribution in [0.25, 0.3) is 0 Å². The highest BCUT2D eigenvalue weighted by Gasteiger charge is 2.65. The molecule has 3 heteroatoms. The molecule has 1 unspecified atom stereocenters. The van der Waals surface area contributed by atoms with Crippen LogP contribution in [0.1, 0.15) is 616 Å². The first kappa shape index (κ1) is 109. The van der Waals surface area contributed by atoms with Gasteiger partial charge >= 0.3 is 0 Å². The van der Waals surface area contributed by atoms with Gasteiger partial charge in [0.05, 0.1) is 0 Å². The van der Waals surface area contributed by atoms with Gasteiger partial charge in [-0.05, 0) is 137 Å². The van der Waals surface area contributed by atoms with Crippen LogP contribution in [0.4, 0.5) is 0 Å². The Kier molecular flexibility index (Phi) is 59.9. The number of phenolic OH excluding ortho intramolecular Hbond substituents is 3. The van der Waals surface area contributed by atoms with Crippen molar-refractivity contribution in [1.82, 2.24) is 0 Å². The van der Waals surface area contributed by atoms with E-state index in [0.29, 0.717) is 23.2 Å². The molecule has 0 aliphatic heterocycles. The van der Waals surface area contributed by atoms with Crippen LogP contribution in [0, 0.1) is 32.1 Å². The predicted molar refractivity (Wildman–Crippen MR) is 529 cm³/mol. The summed E-state index contributed by atoms with van der Waals surface area (Å²) in [6.45, 7) is 42.5. The fourth-order valence-corrected chi connectivity index (χ4v) is 22.0. The fourth-order valence-electron chi connectivity index (χ4n) is 22.0. The zero-order chi connectivity index (χ0) is 86.7. The molecular formula is C115H208O3. The zero-order valence-electron chi connectivity index (χ0n) is 83.3. The number of aryl methyl sites for hydroxylation is 3. The Balaban J connectivity index is 2.97. The number of benzene rings is 3. The molecule has 0 saturated heterocycles. The van der Waals surface area contributed by atoms with Crippen LogP contribution in [-0.4, -0.2) is 15.3 Å². The van der Waals surface area contributed by atoms with E-state index in [2.05, 4.69) is 161 Å². The number of hydrogen-bond acceptors (Lipinski definition) is 3. The lowest BCUT2D eigenvalue weighted by Gasteiger charge is -2.66. The molecule has 0 saturated carbocycles. The van der Waals surface area contributed by atoms with Gasteiger partial charge in [0.2, 0.25) is 0 Å². The second-order valence-corrected chi connectivity index (χ2v) is 42.8.